The fourth-order valence-electron chi connectivity index (χ4n) is 3.00. The standard InChI is InChI=1S/C15H23FN2O2S/c1-2-5-12-6-4-10-18(11-9-12)21(19,20)15-13(16)7-3-8-14(15)17/h3,7-8,12H,2,4-6,9-11,17H2,1H3. The second kappa shape index (κ2) is 6.75. The highest BCUT2D eigenvalue weighted by atomic mass is 32.2. The van der Waals surface area contributed by atoms with Gasteiger partial charge in [0.1, 0.15) is 10.7 Å². The molecule has 0 bridgehead atoms. The molecule has 1 unspecified atom stereocenters. The number of nitrogen functional groups attached to an aromatic ring is 1. The van der Waals surface area contributed by atoms with Crippen molar-refractivity contribution in [1.82, 2.24) is 4.31 Å². The highest BCUT2D eigenvalue weighted by Crippen LogP contribution is 2.29. The Kier molecular flexibility index (Phi) is 5.22. The van der Waals surface area contributed by atoms with E-state index in [2.05, 4.69) is 6.92 Å². The number of rotatable bonds is 4. The van der Waals surface area contributed by atoms with E-state index in [4.69, 9.17) is 5.73 Å². The van der Waals surface area contributed by atoms with Crippen LogP contribution in [0.5, 0.6) is 0 Å². The number of halogens is 1. The number of hydrogen-bond donors (Lipinski definition) is 1. The molecule has 1 aromatic carbocycles. The minimum Gasteiger partial charge on any atom is -0.398 e. The molecule has 2 N–H and O–H groups in total. The Balaban J connectivity index is 2.24. The van der Waals surface area contributed by atoms with Gasteiger partial charge >= 0.3 is 0 Å². The third-order valence-corrected chi connectivity index (χ3v) is 6.09. The molecule has 1 aromatic rings. The first kappa shape index (κ1) is 16.2. The van der Waals surface area contributed by atoms with Crippen molar-refractivity contribution in [2.45, 2.75) is 43.9 Å². The summed E-state index contributed by atoms with van der Waals surface area (Å²) < 4.78 is 40.6. The highest BCUT2D eigenvalue weighted by molar-refractivity contribution is 7.89. The van der Waals surface area contributed by atoms with Gasteiger partial charge in [-0.05, 0) is 37.3 Å². The lowest BCUT2D eigenvalue weighted by Gasteiger charge is -2.21. The topological polar surface area (TPSA) is 63.4 Å². The summed E-state index contributed by atoms with van der Waals surface area (Å²) >= 11 is 0. The second-order valence-electron chi connectivity index (χ2n) is 5.65. The molecule has 1 saturated heterocycles. The molecule has 2 rings (SSSR count). The molecule has 0 radical (unpaired) electrons. The van der Waals surface area contributed by atoms with Gasteiger partial charge in [-0.1, -0.05) is 25.8 Å². The molecule has 21 heavy (non-hydrogen) atoms. The van der Waals surface area contributed by atoms with Crippen LogP contribution in [0.4, 0.5) is 10.1 Å². The smallest absolute Gasteiger partial charge is 0.248 e. The Hall–Kier alpha value is -1.14. The molecule has 0 aromatic heterocycles. The fourth-order valence-corrected chi connectivity index (χ4v) is 4.66. The summed E-state index contributed by atoms with van der Waals surface area (Å²) in [5.74, 6) is -0.211. The first-order valence-electron chi connectivity index (χ1n) is 7.51. The molecule has 0 aliphatic carbocycles. The first-order valence-corrected chi connectivity index (χ1v) is 8.95. The number of benzene rings is 1. The molecule has 0 spiro atoms. The van der Waals surface area contributed by atoms with Gasteiger partial charge < -0.3 is 5.73 Å². The summed E-state index contributed by atoms with van der Waals surface area (Å²) in [6, 6.07) is 3.98. The molecular formula is C15H23FN2O2S. The molecule has 1 aliphatic heterocycles. The first-order chi connectivity index (χ1) is 9.96. The maximum absolute atomic E-state index is 13.9. The fraction of sp³-hybridized carbons (Fsp3) is 0.600. The van der Waals surface area contributed by atoms with Crippen molar-refractivity contribution < 1.29 is 12.8 Å². The Labute approximate surface area is 126 Å². The van der Waals surface area contributed by atoms with Crippen molar-refractivity contribution in [2.75, 3.05) is 18.8 Å². The van der Waals surface area contributed by atoms with E-state index in [0.29, 0.717) is 19.0 Å². The van der Waals surface area contributed by atoms with E-state index in [9.17, 15) is 12.8 Å². The maximum atomic E-state index is 13.9. The van der Waals surface area contributed by atoms with Gasteiger partial charge in [0.2, 0.25) is 10.0 Å². The van der Waals surface area contributed by atoms with Gasteiger partial charge in [0.15, 0.2) is 0 Å². The van der Waals surface area contributed by atoms with Gasteiger partial charge in [0.25, 0.3) is 0 Å². The molecule has 0 amide bonds. The van der Waals surface area contributed by atoms with Gasteiger partial charge in [-0.25, -0.2) is 12.8 Å². The zero-order chi connectivity index (χ0) is 15.5. The number of nitrogens with zero attached hydrogens (tertiary/aromatic N) is 1. The quantitative estimate of drug-likeness (QED) is 0.869. The zero-order valence-electron chi connectivity index (χ0n) is 12.4. The maximum Gasteiger partial charge on any atom is 0.248 e. The average molecular weight is 314 g/mol. The Morgan fingerprint density at radius 1 is 1.33 bits per heavy atom. The number of sulfonamides is 1. The molecule has 0 saturated carbocycles. The SMILES string of the molecule is CCCC1CCCN(S(=O)(=O)c2c(N)cccc2F)CC1. The Bertz CT molecular complexity index is 569. The normalized spacial score (nSPS) is 21.1. The van der Waals surface area contributed by atoms with Crippen LogP contribution in [0.15, 0.2) is 23.1 Å². The summed E-state index contributed by atoms with van der Waals surface area (Å²) in [4.78, 5) is -0.376. The highest BCUT2D eigenvalue weighted by Gasteiger charge is 2.31. The van der Waals surface area contributed by atoms with Crippen LogP contribution in [0.25, 0.3) is 0 Å². The number of anilines is 1. The van der Waals surface area contributed by atoms with E-state index in [1.165, 1.54) is 16.4 Å². The number of hydrogen-bond acceptors (Lipinski definition) is 3. The van der Waals surface area contributed by atoms with Crippen LogP contribution in [0.1, 0.15) is 39.0 Å². The molecule has 6 heteroatoms. The monoisotopic (exact) mass is 314 g/mol. The molecule has 1 fully saturated rings. The average Bonchev–Trinajstić information content (AvgIpc) is 2.65. The van der Waals surface area contributed by atoms with E-state index in [-0.39, 0.29) is 10.6 Å². The van der Waals surface area contributed by atoms with Crippen LogP contribution < -0.4 is 5.73 Å². The Morgan fingerprint density at radius 3 is 2.76 bits per heavy atom. The van der Waals surface area contributed by atoms with Crippen LogP contribution in [0.2, 0.25) is 0 Å². The van der Waals surface area contributed by atoms with Crippen LogP contribution in [-0.2, 0) is 10.0 Å². The van der Waals surface area contributed by atoms with Crippen LogP contribution in [-0.4, -0.2) is 25.8 Å². The van der Waals surface area contributed by atoms with Crippen molar-refractivity contribution in [3.8, 4) is 0 Å². The molecule has 4 nitrogen and oxygen atoms in total. The summed E-state index contributed by atoms with van der Waals surface area (Å²) in [5, 5.41) is 0. The lowest BCUT2D eigenvalue weighted by Crippen LogP contribution is -2.33. The van der Waals surface area contributed by atoms with Crippen molar-refractivity contribution in [1.29, 1.82) is 0 Å². The summed E-state index contributed by atoms with van der Waals surface area (Å²) in [6.45, 7) is 3.02. The number of nitrogens with two attached hydrogens (primary N) is 1. The lowest BCUT2D eigenvalue weighted by atomic mass is 9.96. The van der Waals surface area contributed by atoms with Gasteiger partial charge in [0.05, 0.1) is 5.69 Å². The summed E-state index contributed by atoms with van der Waals surface area (Å²) in [5.41, 5.74) is 5.66. The lowest BCUT2D eigenvalue weighted by molar-refractivity contribution is 0.398. The zero-order valence-corrected chi connectivity index (χ0v) is 13.2. The van der Waals surface area contributed by atoms with Crippen molar-refractivity contribution in [3.05, 3.63) is 24.0 Å². The molecule has 1 aliphatic rings. The van der Waals surface area contributed by atoms with Crippen molar-refractivity contribution in [3.63, 3.8) is 0 Å². The third kappa shape index (κ3) is 3.55. The van der Waals surface area contributed by atoms with Crippen LogP contribution in [0, 0.1) is 11.7 Å². The van der Waals surface area contributed by atoms with Crippen LogP contribution in [0.3, 0.4) is 0 Å². The summed E-state index contributed by atoms with van der Waals surface area (Å²) in [6.07, 6.45) is 4.92. The summed E-state index contributed by atoms with van der Waals surface area (Å²) in [7, 11) is -3.85. The largest absolute Gasteiger partial charge is 0.398 e. The van der Waals surface area contributed by atoms with E-state index in [0.717, 1.165) is 38.2 Å². The van der Waals surface area contributed by atoms with Gasteiger partial charge in [-0.2, -0.15) is 4.31 Å². The van der Waals surface area contributed by atoms with E-state index >= 15 is 0 Å². The molecule has 1 atom stereocenters. The Morgan fingerprint density at radius 2 is 2.10 bits per heavy atom. The van der Waals surface area contributed by atoms with Gasteiger partial charge in [-0.15, -0.1) is 0 Å². The van der Waals surface area contributed by atoms with Gasteiger partial charge in [-0.3, -0.25) is 0 Å². The molecule has 118 valence electrons. The minimum atomic E-state index is -3.85. The van der Waals surface area contributed by atoms with Crippen LogP contribution >= 0.6 is 0 Å². The van der Waals surface area contributed by atoms with E-state index in [1.807, 2.05) is 0 Å². The molecular weight excluding hydrogens is 291 g/mol. The van der Waals surface area contributed by atoms with Gasteiger partial charge in [0, 0.05) is 13.1 Å². The predicted octanol–water partition coefficient (Wildman–Crippen LogP) is 3.00. The van der Waals surface area contributed by atoms with E-state index in [1.54, 1.807) is 0 Å². The predicted molar refractivity (Wildman–Crippen MR) is 81.8 cm³/mol. The second-order valence-corrected chi connectivity index (χ2v) is 7.52. The third-order valence-electron chi connectivity index (χ3n) is 4.10. The molecule has 1 heterocycles. The minimum absolute atomic E-state index is 0.0237. The van der Waals surface area contributed by atoms with Crippen molar-refractivity contribution >= 4 is 15.7 Å². The van der Waals surface area contributed by atoms with E-state index < -0.39 is 15.8 Å². The van der Waals surface area contributed by atoms with Crippen molar-refractivity contribution in [2.24, 2.45) is 5.92 Å².